The molecule has 0 spiro atoms. The number of aryl methyl sites for hydroxylation is 2. The lowest BCUT2D eigenvalue weighted by molar-refractivity contribution is -0.123. The summed E-state index contributed by atoms with van der Waals surface area (Å²) >= 11 is 0. The molecule has 2 rings (SSSR count). The van der Waals surface area contributed by atoms with Crippen molar-refractivity contribution < 1.29 is 23.9 Å². The number of rotatable bonds is 5. The van der Waals surface area contributed by atoms with E-state index in [-0.39, 0.29) is 5.56 Å². The summed E-state index contributed by atoms with van der Waals surface area (Å²) in [5.41, 5.74) is 2.39. The van der Waals surface area contributed by atoms with Gasteiger partial charge in [-0.25, -0.2) is 4.79 Å². The van der Waals surface area contributed by atoms with Crippen molar-refractivity contribution in [3.8, 4) is 5.75 Å². The summed E-state index contributed by atoms with van der Waals surface area (Å²) in [5.74, 6) is -1.60. The SMILES string of the molecule is COc1ccccc1C(=O)NC(=O)COC(=O)c1ccc(C)cc1C. The number of hydrogen-bond donors (Lipinski definition) is 1. The van der Waals surface area contributed by atoms with Gasteiger partial charge < -0.3 is 9.47 Å². The third-order valence-electron chi connectivity index (χ3n) is 3.54. The molecule has 0 aliphatic rings. The van der Waals surface area contributed by atoms with Gasteiger partial charge in [0.25, 0.3) is 11.8 Å². The summed E-state index contributed by atoms with van der Waals surface area (Å²) in [6, 6.07) is 11.8. The normalized spacial score (nSPS) is 10.0. The lowest BCUT2D eigenvalue weighted by Crippen LogP contribution is -2.34. The minimum absolute atomic E-state index is 0.221. The Morgan fingerprint density at radius 3 is 2.40 bits per heavy atom. The quantitative estimate of drug-likeness (QED) is 0.845. The van der Waals surface area contributed by atoms with Crippen LogP contribution in [0.5, 0.6) is 5.75 Å². The molecule has 2 aromatic rings. The zero-order chi connectivity index (χ0) is 18.4. The van der Waals surface area contributed by atoms with Crippen molar-refractivity contribution >= 4 is 17.8 Å². The molecule has 0 saturated heterocycles. The molecule has 0 fully saturated rings. The van der Waals surface area contributed by atoms with Crippen LogP contribution < -0.4 is 10.1 Å². The monoisotopic (exact) mass is 341 g/mol. The van der Waals surface area contributed by atoms with Crippen LogP contribution in [0.1, 0.15) is 31.8 Å². The molecule has 0 aromatic heterocycles. The number of nitrogens with one attached hydrogen (secondary N) is 1. The third kappa shape index (κ3) is 4.67. The number of esters is 1. The summed E-state index contributed by atoms with van der Waals surface area (Å²) in [7, 11) is 1.43. The van der Waals surface area contributed by atoms with Crippen molar-refractivity contribution in [2.45, 2.75) is 13.8 Å². The Kier molecular flexibility index (Phi) is 5.89. The first-order chi connectivity index (χ1) is 11.9. The maximum atomic E-state index is 12.1. The Morgan fingerprint density at radius 1 is 1.00 bits per heavy atom. The van der Waals surface area contributed by atoms with E-state index in [0.717, 1.165) is 11.1 Å². The number of carbonyl (C=O) groups excluding carboxylic acids is 3. The maximum Gasteiger partial charge on any atom is 0.338 e. The van der Waals surface area contributed by atoms with Gasteiger partial charge in [0.1, 0.15) is 5.75 Å². The Hall–Kier alpha value is -3.15. The molecule has 6 heteroatoms. The van der Waals surface area contributed by atoms with Crippen molar-refractivity contribution in [1.29, 1.82) is 0 Å². The second-order valence-corrected chi connectivity index (χ2v) is 5.47. The van der Waals surface area contributed by atoms with Crippen molar-refractivity contribution in [3.63, 3.8) is 0 Å². The highest BCUT2D eigenvalue weighted by molar-refractivity contribution is 6.07. The number of imide groups is 1. The maximum absolute atomic E-state index is 12.1. The first kappa shape index (κ1) is 18.2. The zero-order valence-corrected chi connectivity index (χ0v) is 14.3. The van der Waals surface area contributed by atoms with Crippen LogP contribution in [-0.4, -0.2) is 31.5 Å². The van der Waals surface area contributed by atoms with Crippen LogP contribution in [0, 0.1) is 13.8 Å². The Morgan fingerprint density at radius 2 is 1.72 bits per heavy atom. The predicted molar refractivity (Wildman–Crippen MR) is 91.7 cm³/mol. The molecule has 0 heterocycles. The van der Waals surface area contributed by atoms with Crippen LogP contribution in [0.4, 0.5) is 0 Å². The highest BCUT2D eigenvalue weighted by atomic mass is 16.5. The number of carbonyl (C=O) groups is 3. The molecule has 1 N–H and O–H groups in total. The van der Waals surface area contributed by atoms with Gasteiger partial charge in [0.05, 0.1) is 18.2 Å². The van der Waals surface area contributed by atoms with Gasteiger partial charge >= 0.3 is 5.97 Å². The minimum atomic E-state index is -0.714. The highest BCUT2D eigenvalue weighted by Crippen LogP contribution is 2.16. The number of ether oxygens (including phenoxy) is 2. The number of methoxy groups -OCH3 is 1. The van der Waals surface area contributed by atoms with Crippen LogP contribution in [0.2, 0.25) is 0 Å². The molecule has 0 saturated carbocycles. The standard InChI is InChI=1S/C19H19NO5/c1-12-8-9-14(13(2)10-12)19(23)25-11-17(21)20-18(22)15-6-4-5-7-16(15)24-3/h4-10H,11H2,1-3H3,(H,20,21,22). The first-order valence-corrected chi connectivity index (χ1v) is 7.64. The van der Waals surface area contributed by atoms with Gasteiger partial charge in [-0.1, -0.05) is 29.8 Å². The lowest BCUT2D eigenvalue weighted by Gasteiger charge is -2.09. The van der Waals surface area contributed by atoms with Gasteiger partial charge in [0.15, 0.2) is 6.61 Å². The van der Waals surface area contributed by atoms with Gasteiger partial charge in [-0.15, -0.1) is 0 Å². The van der Waals surface area contributed by atoms with Gasteiger partial charge in [-0.3, -0.25) is 14.9 Å². The number of hydrogen-bond acceptors (Lipinski definition) is 5. The zero-order valence-electron chi connectivity index (χ0n) is 14.3. The van der Waals surface area contributed by atoms with Crippen LogP contribution in [-0.2, 0) is 9.53 Å². The average Bonchev–Trinajstić information content (AvgIpc) is 2.59. The van der Waals surface area contributed by atoms with E-state index < -0.39 is 24.4 Å². The Bertz CT molecular complexity index is 813. The summed E-state index contributed by atoms with van der Waals surface area (Å²) in [5, 5.41) is 2.17. The van der Waals surface area contributed by atoms with E-state index in [1.54, 1.807) is 37.3 Å². The number of amides is 2. The summed E-state index contributed by atoms with van der Waals surface area (Å²) in [6.45, 7) is 3.15. The molecule has 2 amide bonds. The molecular weight excluding hydrogens is 322 g/mol. The third-order valence-corrected chi connectivity index (χ3v) is 3.54. The average molecular weight is 341 g/mol. The molecule has 0 atom stereocenters. The number of para-hydroxylation sites is 1. The summed E-state index contributed by atoms with van der Waals surface area (Å²) in [6.07, 6.45) is 0. The van der Waals surface area contributed by atoms with Gasteiger partial charge in [-0.2, -0.15) is 0 Å². The molecule has 2 aromatic carbocycles. The van der Waals surface area contributed by atoms with Crippen LogP contribution >= 0.6 is 0 Å². The van der Waals surface area contributed by atoms with Gasteiger partial charge in [-0.05, 0) is 37.6 Å². The van der Waals surface area contributed by atoms with E-state index in [2.05, 4.69) is 5.32 Å². The number of benzene rings is 2. The molecule has 6 nitrogen and oxygen atoms in total. The lowest BCUT2D eigenvalue weighted by atomic mass is 10.1. The van der Waals surface area contributed by atoms with Crippen molar-refractivity contribution in [2.24, 2.45) is 0 Å². The van der Waals surface area contributed by atoms with E-state index in [1.165, 1.54) is 13.2 Å². The van der Waals surface area contributed by atoms with Crippen LogP contribution in [0.15, 0.2) is 42.5 Å². The summed E-state index contributed by atoms with van der Waals surface area (Å²) in [4.78, 5) is 36.0. The molecule has 0 unspecified atom stereocenters. The highest BCUT2D eigenvalue weighted by Gasteiger charge is 2.17. The van der Waals surface area contributed by atoms with Crippen molar-refractivity contribution in [2.75, 3.05) is 13.7 Å². The van der Waals surface area contributed by atoms with E-state index in [0.29, 0.717) is 11.3 Å². The first-order valence-electron chi connectivity index (χ1n) is 7.64. The van der Waals surface area contributed by atoms with Crippen molar-refractivity contribution in [1.82, 2.24) is 5.32 Å². The second kappa shape index (κ2) is 8.10. The minimum Gasteiger partial charge on any atom is -0.496 e. The molecule has 0 aliphatic heterocycles. The predicted octanol–water partition coefficient (Wildman–Crippen LogP) is 2.43. The van der Waals surface area contributed by atoms with E-state index in [4.69, 9.17) is 9.47 Å². The molecular formula is C19H19NO5. The smallest absolute Gasteiger partial charge is 0.338 e. The molecule has 25 heavy (non-hydrogen) atoms. The summed E-state index contributed by atoms with van der Waals surface area (Å²) < 4.78 is 10.0. The van der Waals surface area contributed by atoms with Crippen LogP contribution in [0.25, 0.3) is 0 Å². The van der Waals surface area contributed by atoms with E-state index in [1.807, 2.05) is 13.0 Å². The van der Waals surface area contributed by atoms with E-state index >= 15 is 0 Å². The topological polar surface area (TPSA) is 81.7 Å². The van der Waals surface area contributed by atoms with E-state index in [9.17, 15) is 14.4 Å². The molecule has 130 valence electrons. The van der Waals surface area contributed by atoms with Crippen LogP contribution in [0.3, 0.4) is 0 Å². The molecule has 0 radical (unpaired) electrons. The van der Waals surface area contributed by atoms with Crippen molar-refractivity contribution in [3.05, 3.63) is 64.7 Å². The van der Waals surface area contributed by atoms with Gasteiger partial charge in [0.2, 0.25) is 0 Å². The molecule has 0 aliphatic carbocycles. The largest absolute Gasteiger partial charge is 0.496 e. The van der Waals surface area contributed by atoms with Gasteiger partial charge in [0, 0.05) is 0 Å². The fraction of sp³-hybridized carbons (Fsp3) is 0.211. The fourth-order valence-electron chi connectivity index (χ4n) is 2.31. The fourth-order valence-corrected chi connectivity index (χ4v) is 2.31. The second-order valence-electron chi connectivity index (χ2n) is 5.47. The Balaban J connectivity index is 1.94. The Labute approximate surface area is 145 Å². The molecule has 0 bridgehead atoms.